The first kappa shape index (κ1) is 11.0. The van der Waals surface area contributed by atoms with Crippen molar-refractivity contribution in [3.63, 3.8) is 0 Å². The summed E-state index contributed by atoms with van der Waals surface area (Å²) in [6.45, 7) is 1.02. The third kappa shape index (κ3) is 2.04. The molecule has 17 heavy (non-hydrogen) atoms. The first-order chi connectivity index (χ1) is 8.29. The van der Waals surface area contributed by atoms with Gasteiger partial charge in [-0.3, -0.25) is 4.57 Å². The van der Waals surface area contributed by atoms with Gasteiger partial charge in [-0.15, -0.1) is 0 Å². The van der Waals surface area contributed by atoms with Gasteiger partial charge in [-0.2, -0.15) is 5.10 Å². The summed E-state index contributed by atoms with van der Waals surface area (Å²) < 4.78 is 1.77. The van der Waals surface area contributed by atoms with E-state index in [-0.39, 0.29) is 11.2 Å². The highest BCUT2D eigenvalue weighted by Crippen LogP contribution is 2.38. The van der Waals surface area contributed by atoms with Crippen molar-refractivity contribution in [1.29, 1.82) is 0 Å². The predicted molar refractivity (Wildman–Crippen MR) is 64.9 cm³/mol. The number of piperidine rings is 1. The summed E-state index contributed by atoms with van der Waals surface area (Å²) in [7, 11) is 0. The fraction of sp³-hybridized carbons (Fsp3) is 0.833. The van der Waals surface area contributed by atoms with Crippen LogP contribution in [0, 0.1) is 0 Å². The molecule has 1 saturated carbocycles. The van der Waals surface area contributed by atoms with Gasteiger partial charge in [0.15, 0.2) is 0 Å². The van der Waals surface area contributed by atoms with E-state index in [0.29, 0.717) is 6.04 Å². The number of rotatable bonds is 1. The van der Waals surface area contributed by atoms with Crippen molar-refractivity contribution < 1.29 is 0 Å². The summed E-state index contributed by atoms with van der Waals surface area (Å²) in [5.74, 6) is 0. The fourth-order valence-electron chi connectivity index (χ4n) is 3.49. The van der Waals surface area contributed by atoms with Gasteiger partial charge in [0.1, 0.15) is 6.33 Å². The predicted octanol–water partition coefficient (Wildman–Crippen LogP) is 1.20. The van der Waals surface area contributed by atoms with Gasteiger partial charge in [-0.25, -0.2) is 9.89 Å². The quantitative estimate of drug-likeness (QED) is 0.770. The Bertz CT molecular complexity index is 424. The molecule has 1 unspecified atom stereocenters. The Kier molecular flexibility index (Phi) is 2.78. The second kappa shape index (κ2) is 4.29. The number of hydrogen-bond donors (Lipinski definition) is 2. The summed E-state index contributed by atoms with van der Waals surface area (Å²) in [5, 5.41) is 10.0. The van der Waals surface area contributed by atoms with Crippen molar-refractivity contribution in [2.45, 2.75) is 56.5 Å². The molecule has 1 saturated heterocycles. The van der Waals surface area contributed by atoms with Crippen LogP contribution in [0.2, 0.25) is 0 Å². The van der Waals surface area contributed by atoms with E-state index >= 15 is 0 Å². The highest BCUT2D eigenvalue weighted by atomic mass is 16.1. The highest BCUT2D eigenvalue weighted by molar-refractivity contribution is 4.97. The zero-order valence-corrected chi connectivity index (χ0v) is 10.1. The zero-order chi connectivity index (χ0) is 11.7. The Morgan fingerprint density at radius 3 is 2.88 bits per heavy atom. The number of aromatic amines is 1. The monoisotopic (exact) mass is 236 g/mol. The van der Waals surface area contributed by atoms with Crippen molar-refractivity contribution in [3.8, 4) is 0 Å². The van der Waals surface area contributed by atoms with Gasteiger partial charge in [0, 0.05) is 11.6 Å². The molecule has 1 atom stereocenters. The first-order valence-corrected chi connectivity index (χ1v) is 6.66. The Morgan fingerprint density at radius 2 is 2.18 bits per heavy atom. The number of H-pyrrole nitrogens is 1. The van der Waals surface area contributed by atoms with Crippen LogP contribution >= 0.6 is 0 Å². The molecule has 0 bridgehead atoms. The highest BCUT2D eigenvalue weighted by Gasteiger charge is 2.37. The lowest BCUT2D eigenvalue weighted by Gasteiger charge is -2.44. The molecule has 0 aromatic carbocycles. The maximum Gasteiger partial charge on any atom is 0.343 e. The maximum atomic E-state index is 11.6. The standard InChI is InChI=1S/C12H20N4O/c17-11-15-14-9-16(11)10-4-7-13-12(8-10)5-2-1-3-6-12/h9-10,13H,1-8H2,(H,15,17). The summed E-state index contributed by atoms with van der Waals surface area (Å²) in [6, 6.07) is 0.320. The molecule has 2 N–H and O–H groups in total. The lowest BCUT2D eigenvalue weighted by atomic mass is 9.75. The molecule has 1 spiro atoms. The van der Waals surface area contributed by atoms with E-state index in [2.05, 4.69) is 15.5 Å². The van der Waals surface area contributed by atoms with Crippen molar-refractivity contribution in [3.05, 3.63) is 16.8 Å². The van der Waals surface area contributed by atoms with E-state index in [4.69, 9.17) is 0 Å². The van der Waals surface area contributed by atoms with E-state index in [1.807, 2.05) is 0 Å². The average molecular weight is 236 g/mol. The molecule has 1 aliphatic carbocycles. The van der Waals surface area contributed by atoms with E-state index < -0.39 is 0 Å². The minimum Gasteiger partial charge on any atom is -0.311 e. The van der Waals surface area contributed by atoms with Crippen molar-refractivity contribution in [1.82, 2.24) is 20.1 Å². The Labute approximate surface area is 101 Å². The van der Waals surface area contributed by atoms with Gasteiger partial charge in [0.05, 0.1) is 0 Å². The van der Waals surface area contributed by atoms with E-state index in [1.54, 1.807) is 10.9 Å². The SMILES string of the molecule is O=c1[nH]ncn1C1CCNC2(CCCCC2)C1. The minimum atomic E-state index is -0.0668. The van der Waals surface area contributed by atoms with Gasteiger partial charge in [0.25, 0.3) is 0 Å². The van der Waals surface area contributed by atoms with E-state index in [1.165, 1.54) is 32.1 Å². The van der Waals surface area contributed by atoms with Crippen LogP contribution in [-0.2, 0) is 0 Å². The van der Waals surface area contributed by atoms with Crippen molar-refractivity contribution >= 4 is 0 Å². The molecule has 1 aliphatic heterocycles. The van der Waals surface area contributed by atoms with Crippen LogP contribution in [0.4, 0.5) is 0 Å². The number of nitrogens with one attached hydrogen (secondary N) is 2. The molecule has 2 heterocycles. The summed E-state index contributed by atoms with van der Waals surface area (Å²) in [6.07, 6.45) is 10.3. The fourth-order valence-corrected chi connectivity index (χ4v) is 3.49. The number of aromatic nitrogens is 3. The smallest absolute Gasteiger partial charge is 0.311 e. The van der Waals surface area contributed by atoms with Crippen LogP contribution in [-0.4, -0.2) is 26.8 Å². The second-order valence-corrected chi connectivity index (χ2v) is 5.48. The molecular formula is C12H20N4O. The van der Waals surface area contributed by atoms with E-state index in [9.17, 15) is 4.79 Å². The molecule has 3 rings (SSSR count). The first-order valence-electron chi connectivity index (χ1n) is 6.66. The molecule has 5 heteroatoms. The normalized spacial score (nSPS) is 28.4. The largest absolute Gasteiger partial charge is 0.343 e. The van der Waals surface area contributed by atoms with Crippen LogP contribution in [0.3, 0.4) is 0 Å². The molecule has 0 radical (unpaired) electrons. The van der Waals surface area contributed by atoms with Crippen LogP contribution in [0.15, 0.2) is 11.1 Å². The molecule has 0 amide bonds. The van der Waals surface area contributed by atoms with Crippen molar-refractivity contribution in [2.75, 3.05) is 6.54 Å². The van der Waals surface area contributed by atoms with Crippen LogP contribution in [0.1, 0.15) is 51.0 Å². The van der Waals surface area contributed by atoms with Gasteiger partial charge >= 0.3 is 5.69 Å². The third-order valence-corrected chi connectivity index (χ3v) is 4.38. The lowest BCUT2D eigenvalue weighted by molar-refractivity contribution is 0.144. The van der Waals surface area contributed by atoms with Crippen LogP contribution < -0.4 is 11.0 Å². The number of nitrogens with zero attached hydrogens (tertiary/aromatic N) is 2. The van der Waals surface area contributed by atoms with Crippen molar-refractivity contribution in [2.24, 2.45) is 0 Å². The Balaban J connectivity index is 1.79. The Morgan fingerprint density at radius 1 is 1.35 bits per heavy atom. The molecule has 2 fully saturated rings. The molecule has 1 aromatic rings. The lowest BCUT2D eigenvalue weighted by Crippen LogP contribution is -2.53. The minimum absolute atomic E-state index is 0.0668. The topological polar surface area (TPSA) is 62.7 Å². The zero-order valence-electron chi connectivity index (χ0n) is 10.1. The average Bonchev–Trinajstić information content (AvgIpc) is 2.77. The summed E-state index contributed by atoms with van der Waals surface area (Å²) >= 11 is 0. The molecule has 2 aliphatic rings. The maximum absolute atomic E-state index is 11.6. The molecule has 94 valence electrons. The van der Waals surface area contributed by atoms with Gasteiger partial charge in [0.2, 0.25) is 0 Å². The van der Waals surface area contributed by atoms with Crippen LogP contribution in [0.25, 0.3) is 0 Å². The number of hydrogen-bond acceptors (Lipinski definition) is 3. The third-order valence-electron chi connectivity index (χ3n) is 4.38. The molecule has 1 aromatic heterocycles. The Hall–Kier alpha value is -1.10. The van der Waals surface area contributed by atoms with E-state index in [0.717, 1.165) is 19.4 Å². The van der Waals surface area contributed by atoms with Crippen LogP contribution in [0.5, 0.6) is 0 Å². The van der Waals surface area contributed by atoms with Gasteiger partial charge in [-0.05, 0) is 32.2 Å². The summed E-state index contributed by atoms with van der Waals surface area (Å²) in [5.41, 5.74) is 0.223. The van der Waals surface area contributed by atoms with Gasteiger partial charge in [-0.1, -0.05) is 19.3 Å². The molecule has 5 nitrogen and oxygen atoms in total. The molecular weight excluding hydrogens is 216 g/mol. The summed E-state index contributed by atoms with van der Waals surface area (Å²) in [4.78, 5) is 11.6. The van der Waals surface area contributed by atoms with Gasteiger partial charge < -0.3 is 5.32 Å². The second-order valence-electron chi connectivity index (χ2n) is 5.48.